The van der Waals surface area contributed by atoms with Crippen LogP contribution in [0.5, 0.6) is 0 Å². The second-order valence-corrected chi connectivity index (χ2v) is 6.90. The van der Waals surface area contributed by atoms with E-state index >= 15 is 0 Å². The number of alkyl halides is 1. The van der Waals surface area contributed by atoms with E-state index in [1.807, 2.05) is 45.0 Å². The van der Waals surface area contributed by atoms with E-state index in [2.05, 4.69) is 5.32 Å². The molecule has 0 aliphatic carbocycles. The van der Waals surface area contributed by atoms with Gasteiger partial charge in [0.25, 0.3) is 0 Å². The normalized spacial score (nSPS) is 18.6. The molecule has 0 aromatic heterocycles. The van der Waals surface area contributed by atoms with Crippen molar-refractivity contribution in [3.8, 4) is 0 Å². The van der Waals surface area contributed by atoms with Crippen LogP contribution in [-0.4, -0.2) is 30.8 Å². The van der Waals surface area contributed by atoms with Gasteiger partial charge in [0.15, 0.2) is 0 Å². The molecule has 1 saturated heterocycles. The van der Waals surface area contributed by atoms with Gasteiger partial charge < -0.3 is 10.2 Å². The number of carbonyl (C=O) groups excluding carboxylic acids is 2. The van der Waals surface area contributed by atoms with Gasteiger partial charge in [-0.3, -0.25) is 9.59 Å². The highest BCUT2D eigenvalue weighted by atomic mass is 35.5. The average molecular weight is 323 g/mol. The molecular formula is C17H23ClN2O2. The van der Waals surface area contributed by atoms with E-state index in [1.165, 1.54) is 5.56 Å². The molecule has 1 aliphatic rings. The third-order valence-electron chi connectivity index (χ3n) is 4.05. The summed E-state index contributed by atoms with van der Waals surface area (Å²) in [5.74, 6) is 0.463. The fourth-order valence-electron chi connectivity index (χ4n) is 2.43. The van der Waals surface area contributed by atoms with Gasteiger partial charge >= 0.3 is 0 Å². The largest absolute Gasteiger partial charge is 0.355 e. The molecule has 1 aliphatic heterocycles. The molecule has 4 nitrogen and oxygen atoms in total. The van der Waals surface area contributed by atoms with Crippen molar-refractivity contribution in [2.24, 2.45) is 11.3 Å². The van der Waals surface area contributed by atoms with Gasteiger partial charge in [0.1, 0.15) is 0 Å². The first kappa shape index (κ1) is 16.8. The Bertz CT molecular complexity index is 554. The fourth-order valence-corrected chi connectivity index (χ4v) is 2.55. The lowest BCUT2D eigenvalue weighted by Gasteiger charge is -2.22. The number of halogens is 1. The van der Waals surface area contributed by atoms with E-state index < -0.39 is 5.41 Å². The van der Waals surface area contributed by atoms with Crippen LogP contribution in [0.4, 0.5) is 5.69 Å². The minimum atomic E-state index is -0.583. The molecule has 0 radical (unpaired) electrons. The van der Waals surface area contributed by atoms with Gasteiger partial charge in [0, 0.05) is 37.0 Å². The predicted octanol–water partition coefficient (Wildman–Crippen LogP) is 2.73. The maximum absolute atomic E-state index is 12.2. The third-order valence-corrected chi connectivity index (χ3v) is 4.72. The monoisotopic (exact) mass is 322 g/mol. The molecule has 22 heavy (non-hydrogen) atoms. The molecule has 1 heterocycles. The number of amides is 2. The molecule has 2 amide bonds. The van der Waals surface area contributed by atoms with E-state index in [4.69, 9.17) is 11.6 Å². The number of hydrogen-bond donors (Lipinski definition) is 1. The SMILES string of the molecule is Cc1ccc(N2CC(CNC(=O)C(C)(C)CCl)CC2=O)cc1. The summed E-state index contributed by atoms with van der Waals surface area (Å²) in [5, 5.41) is 2.92. The number of hydrogen-bond acceptors (Lipinski definition) is 2. The Morgan fingerprint density at radius 1 is 1.36 bits per heavy atom. The molecule has 0 saturated carbocycles. The molecule has 1 N–H and O–H groups in total. The number of nitrogens with zero attached hydrogens (tertiary/aromatic N) is 1. The van der Waals surface area contributed by atoms with Gasteiger partial charge in [0.05, 0.1) is 5.41 Å². The van der Waals surface area contributed by atoms with Crippen LogP contribution in [0.1, 0.15) is 25.8 Å². The average Bonchev–Trinajstić information content (AvgIpc) is 2.86. The fraction of sp³-hybridized carbons (Fsp3) is 0.529. The van der Waals surface area contributed by atoms with Crippen molar-refractivity contribution in [2.75, 3.05) is 23.9 Å². The van der Waals surface area contributed by atoms with Crippen LogP contribution in [0.3, 0.4) is 0 Å². The molecule has 2 rings (SSSR count). The number of carbonyl (C=O) groups is 2. The van der Waals surface area contributed by atoms with E-state index in [-0.39, 0.29) is 23.6 Å². The van der Waals surface area contributed by atoms with Gasteiger partial charge in [-0.25, -0.2) is 0 Å². The smallest absolute Gasteiger partial charge is 0.227 e. The summed E-state index contributed by atoms with van der Waals surface area (Å²) in [6.45, 7) is 6.80. The zero-order valence-electron chi connectivity index (χ0n) is 13.4. The van der Waals surface area contributed by atoms with Gasteiger partial charge in [0.2, 0.25) is 11.8 Å². The summed E-state index contributed by atoms with van der Waals surface area (Å²) < 4.78 is 0. The maximum Gasteiger partial charge on any atom is 0.227 e. The first-order chi connectivity index (χ1) is 10.3. The highest BCUT2D eigenvalue weighted by Crippen LogP contribution is 2.25. The molecule has 120 valence electrons. The van der Waals surface area contributed by atoms with Gasteiger partial charge in [-0.1, -0.05) is 17.7 Å². The molecule has 1 fully saturated rings. The first-order valence-electron chi connectivity index (χ1n) is 7.55. The van der Waals surface area contributed by atoms with Crippen LogP contribution in [0, 0.1) is 18.3 Å². The highest BCUT2D eigenvalue weighted by molar-refractivity contribution is 6.19. The molecule has 1 unspecified atom stereocenters. The Morgan fingerprint density at radius 3 is 2.59 bits per heavy atom. The van der Waals surface area contributed by atoms with Crippen LogP contribution in [0.2, 0.25) is 0 Å². The Hall–Kier alpha value is -1.55. The number of rotatable bonds is 5. The molecule has 1 aromatic rings. The Kier molecular flexibility index (Phi) is 5.12. The van der Waals surface area contributed by atoms with Crippen molar-refractivity contribution in [2.45, 2.75) is 27.2 Å². The molecule has 5 heteroatoms. The number of benzene rings is 1. The van der Waals surface area contributed by atoms with E-state index in [0.717, 1.165) is 5.69 Å². The lowest BCUT2D eigenvalue weighted by atomic mass is 9.95. The zero-order chi connectivity index (χ0) is 16.3. The van der Waals surface area contributed by atoms with E-state index in [9.17, 15) is 9.59 Å². The zero-order valence-corrected chi connectivity index (χ0v) is 14.1. The first-order valence-corrected chi connectivity index (χ1v) is 8.08. The number of aryl methyl sites for hydroxylation is 1. The van der Waals surface area contributed by atoms with Crippen LogP contribution >= 0.6 is 11.6 Å². The van der Waals surface area contributed by atoms with Crippen molar-refractivity contribution in [3.05, 3.63) is 29.8 Å². The molecule has 0 bridgehead atoms. The summed E-state index contributed by atoms with van der Waals surface area (Å²) in [7, 11) is 0. The van der Waals surface area contributed by atoms with E-state index in [1.54, 1.807) is 4.90 Å². The van der Waals surface area contributed by atoms with Gasteiger partial charge in [-0.15, -0.1) is 11.6 Å². The number of nitrogens with one attached hydrogen (secondary N) is 1. The van der Waals surface area contributed by atoms with Crippen molar-refractivity contribution < 1.29 is 9.59 Å². The van der Waals surface area contributed by atoms with Crippen molar-refractivity contribution >= 4 is 29.1 Å². The number of anilines is 1. The van der Waals surface area contributed by atoms with Crippen LogP contribution in [0.25, 0.3) is 0 Å². The second-order valence-electron chi connectivity index (χ2n) is 6.64. The highest BCUT2D eigenvalue weighted by Gasteiger charge is 2.32. The van der Waals surface area contributed by atoms with Crippen molar-refractivity contribution in [1.82, 2.24) is 5.32 Å². The van der Waals surface area contributed by atoms with Gasteiger partial charge in [-0.05, 0) is 32.9 Å². The Balaban J connectivity index is 1.93. The Morgan fingerprint density at radius 2 is 2.00 bits per heavy atom. The van der Waals surface area contributed by atoms with Crippen molar-refractivity contribution in [1.29, 1.82) is 0 Å². The standard InChI is InChI=1S/C17H23ClN2O2/c1-12-4-6-14(7-5-12)20-10-13(8-15(20)21)9-19-16(22)17(2,3)11-18/h4-7,13H,8-11H2,1-3H3,(H,19,22). The predicted molar refractivity (Wildman–Crippen MR) is 89.1 cm³/mol. The van der Waals surface area contributed by atoms with Crippen LogP contribution in [0.15, 0.2) is 24.3 Å². The Labute approximate surface area is 136 Å². The summed E-state index contributed by atoms with van der Waals surface area (Å²) in [5.41, 5.74) is 1.51. The lowest BCUT2D eigenvalue weighted by Crippen LogP contribution is -2.40. The lowest BCUT2D eigenvalue weighted by molar-refractivity contribution is -0.128. The van der Waals surface area contributed by atoms with Crippen molar-refractivity contribution in [3.63, 3.8) is 0 Å². The minimum Gasteiger partial charge on any atom is -0.355 e. The minimum absolute atomic E-state index is 0.0660. The summed E-state index contributed by atoms with van der Waals surface area (Å²) >= 11 is 5.80. The quantitative estimate of drug-likeness (QED) is 0.847. The molecule has 1 aromatic carbocycles. The molecule has 0 spiro atoms. The second kappa shape index (κ2) is 6.69. The van der Waals surface area contributed by atoms with E-state index in [0.29, 0.717) is 19.5 Å². The maximum atomic E-state index is 12.2. The summed E-state index contributed by atoms with van der Waals surface area (Å²) in [6.07, 6.45) is 0.468. The van der Waals surface area contributed by atoms with Gasteiger partial charge in [-0.2, -0.15) is 0 Å². The molecular weight excluding hydrogens is 300 g/mol. The third kappa shape index (κ3) is 3.80. The van der Waals surface area contributed by atoms with Crippen LogP contribution in [-0.2, 0) is 9.59 Å². The summed E-state index contributed by atoms with van der Waals surface area (Å²) in [6, 6.07) is 7.93. The van der Waals surface area contributed by atoms with Crippen LogP contribution < -0.4 is 10.2 Å². The summed E-state index contributed by atoms with van der Waals surface area (Å²) in [4.78, 5) is 26.0. The topological polar surface area (TPSA) is 49.4 Å². The molecule has 1 atom stereocenters.